The fourth-order valence-electron chi connectivity index (χ4n) is 7.97. The number of carbonyl (C=O) groups is 4. The fraction of sp³-hybridized carbons (Fsp3) is 0.390. The van der Waals surface area contributed by atoms with Gasteiger partial charge in [0.25, 0.3) is 11.6 Å². The van der Waals surface area contributed by atoms with Gasteiger partial charge in [-0.3, -0.25) is 29.2 Å². The van der Waals surface area contributed by atoms with E-state index in [0.29, 0.717) is 37.8 Å². The molecule has 8 rings (SSSR count). The van der Waals surface area contributed by atoms with E-state index in [-0.39, 0.29) is 37.2 Å². The lowest BCUT2D eigenvalue weighted by molar-refractivity contribution is -0.384. The number of benzene rings is 3. The number of allylic oxidation sites excluding steroid dienone is 1. The number of fused-ring (bicyclic) bond motifs is 5. The van der Waals surface area contributed by atoms with Crippen molar-refractivity contribution in [2.75, 3.05) is 6.54 Å². The first-order valence-electron chi connectivity index (χ1n) is 19.4. The smallest absolute Gasteiger partial charge is 0.410 e. The Morgan fingerprint density at radius 1 is 0.914 bits per heavy atom. The molecule has 3 N–H and O–H groups in total. The molecule has 302 valence electrons. The molecule has 2 aliphatic heterocycles. The SMILES string of the molecule is O=C(N[C@H]1CCCCC/C=C\[C@@H]2C[C@@]2(C(=O)NS(=O)(=O)C2CC2)NC(=O)[C@@H]2C[C@@H](ON=C3c4ccccc4-c4ccccc43)CN2C1=O)Oc1ccc([N+](=O)[O-])cc1. The molecule has 3 fully saturated rings. The van der Waals surface area contributed by atoms with Crippen LogP contribution in [-0.2, 0) is 29.2 Å². The number of carbonyl (C=O) groups excluding carboxylic acids is 4. The highest BCUT2D eigenvalue weighted by molar-refractivity contribution is 7.91. The Bertz CT molecular complexity index is 2280. The second-order valence-electron chi connectivity index (χ2n) is 15.4. The summed E-state index contributed by atoms with van der Waals surface area (Å²) in [6.45, 7) is -0.0921. The summed E-state index contributed by atoms with van der Waals surface area (Å²) in [4.78, 5) is 73.9. The van der Waals surface area contributed by atoms with Gasteiger partial charge in [0, 0.05) is 35.6 Å². The molecule has 0 unspecified atom stereocenters. The summed E-state index contributed by atoms with van der Waals surface area (Å²) >= 11 is 0. The van der Waals surface area contributed by atoms with Crippen molar-refractivity contribution in [1.29, 1.82) is 0 Å². The Balaban J connectivity index is 1.07. The van der Waals surface area contributed by atoms with Crippen molar-refractivity contribution in [3.63, 3.8) is 0 Å². The first-order valence-corrected chi connectivity index (χ1v) is 21.0. The molecule has 3 aromatic rings. The van der Waals surface area contributed by atoms with E-state index in [1.807, 2.05) is 60.7 Å². The maximum atomic E-state index is 14.6. The summed E-state index contributed by atoms with van der Waals surface area (Å²) in [5.41, 5.74) is 2.56. The molecule has 5 atom stereocenters. The number of nitro benzene ring substituents is 1. The molecule has 16 nitrogen and oxygen atoms in total. The van der Waals surface area contributed by atoms with Crippen LogP contribution in [0.2, 0.25) is 0 Å². The number of rotatable bonds is 8. The fourth-order valence-corrected chi connectivity index (χ4v) is 9.34. The van der Waals surface area contributed by atoms with E-state index in [2.05, 4.69) is 20.5 Å². The van der Waals surface area contributed by atoms with Gasteiger partial charge in [0.1, 0.15) is 35.2 Å². The van der Waals surface area contributed by atoms with Crippen LogP contribution in [-0.4, -0.2) is 83.3 Å². The lowest BCUT2D eigenvalue weighted by Gasteiger charge is -2.29. The van der Waals surface area contributed by atoms with Crippen molar-refractivity contribution in [2.24, 2.45) is 11.1 Å². The van der Waals surface area contributed by atoms with Crippen LogP contribution in [0.5, 0.6) is 5.75 Å². The topological polar surface area (TPSA) is 216 Å². The number of hydrogen-bond acceptors (Lipinski definition) is 11. The maximum Gasteiger partial charge on any atom is 0.413 e. The highest BCUT2D eigenvalue weighted by Crippen LogP contribution is 2.46. The van der Waals surface area contributed by atoms with Crippen LogP contribution in [0.1, 0.15) is 68.9 Å². The normalized spacial score (nSPS) is 25.9. The summed E-state index contributed by atoms with van der Waals surface area (Å²) in [5.74, 6) is -2.54. The maximum absolute atomic E-state index is 14.6. The van der Waals surface area contributed by atoms with Crippen molar-refractivity contribution in [3.05, 3.63) is 106 Å². The van der Waals surface area contributed by atoms with Crippen molar-refractivity contribution in [1.82, 2.24) is 20.3 Å². The third-order valence-electron chi connectivity index (χ3n) is 11.3. The number of nitrogens with one attached hydrogen (secondary N) is 3. The molecule has 1 saturated heterocycles. The van der Waals surface area contributed by atoms with Crippen molar-refractivity contribution >= 4 is 45.2 Å². The molecule has 0 spiro atoms. The first-order chi connectivity index (χ1) is 27.9. The average Bonchev–Trinajstić information content (AvgIpc) is 4.12. The summed E-state index contributed by atoms with van der Waals surface area (Å²) < 4.78 is 33.3. The van der Waals surface area contributed by atoms with Crippen LogP contribution >= 0.6 is 0 Å². The number of sulfonamides is 1. The third kappa shape index (κ3) is 7.90. The van der Waals surface area contributed by atoms with Gasteiger partial charge in [-0.2, -0.15) is 0 Å². The zero-order valence-corrected chi connectivity index (χ0v) is 32.2. The Kier molecular flexibility index (Phi) is 10.5. The minimum atomic E-state index is -3.93. The molecule has 3 aromatic carbocycles. The van der Waals surface area contributed by atoms with E-state index in [1.54, 1.807) is 0 Å². The summed E-state index contributed by atoms with van der Waals surface area (Å²) in [7, 11) is -3.93. The van der Waals surface area contributed by atoms with E-state index in [9.17, 15) is 37.7 Å². The predicted octanol–water partition coefficient (Wildman–Crippen LogP) is 4.47. The molecule has 4 amide bonds. The zero-order valence-electron chi connectivity index (χ0n) is 31.4. The molecule has 0 aromatic heterocycles. The van der Waals surface area contributed by atoms with Crippen molar-refractivity contribution in [2.45, 2.75) is 86.8 Å². The first kappa shape index (κ1) is 38.8. The van der Waals surface area contributed by atoms with Crippen LogP contribution in [0.3, 0.4) is 0 Å². The van der Waals surface area contributed by atoms with E-state index in [0.717, 1.165) is 28.7 Å². The van der Waals surface area contributed by atoms with E-state index >= 15 is 0 Å². The van der Waals surface area contributed by atoms with E-state index in [4.69, 9.17) is 9.57 Å². The predicted molar refractivity (Wildman–Crippen MR) is 210 cm³/mol. The monoisotopic (exact) mass is 810 g/mol. The van der Waals surface area contributed by atoms with Crippen LogP contribution in [0.25, 0.3) is 11.1 Å². The van der Waals surface area contributed by atoms with Crippen LogP contribution in [0.15, 0.2) is 90.1 Å². The van der Waals surface area contributed by atoms with Gasteiger partial charge < -0.3 is 25.1 Å². The van der Waals surface area contributed by atoms with Gasteiger partial charge in [0.15, 0.2) is 0 Å². The molecule has 0 radical (unpaired) electrons. The third-order valence-corrected chi connectivity index (χ3v) is 13.2. The quantitative estimate of drug-likeness (QED) is 0.129. The minimum absolute atomic E-state index is 0.0177. The number of oxime groups is 1. The van der Waals surface area contributed by atoms with Gasteiger partial charge >= 0.3 is 6.09 Å². The molecule has 58 heavy (non-hydrogen) atoms. The van der Waals surface area contributed by atoms with Gasteiger partial charge in [-0.25, -0.2) is 13.2 Å². The largest absolute Gasteiger partial charge is 0.413 e. The Morgan fingerprint density at radius 2 is 1.59 bits per heavy atom. The highest BCUT2D eigenvalue weighted by Gasteiger charge is 2.62. The molecule has 5 aliphatic rings. The van der Waals surface area contributed by atoms with Gasteiger partial charge in [0.2, 0.25) is 21.8 Å². The van der Waals surface area contributed by atoms with Gasteiger partial charge in [-0.1, -0.05) is 78.7 Å². The van der Waals surface area contributed by atoms with Crippen molar-refractivity contribution < 1.29 is 42.1 Å². The summed E-state index contributed by atoms with van der Waals surface area (Å²) in [6.07, 6.45) is 5.84. The molecule has 17 heteroatoms. The number of amides is 4. The number of hydrogen-bond donors (Lipinski definition) is 3. The average molecular weight is 811 g/mol. The van der Waals surface area contributed by atoms with Gasteiger partial charge in [-0.15, -0.1) is 0 Å². The molecule has 3 aliphatic carbocycles. The lowest BCUT2D eigenvalue weighted by Crippen LogP contribution is -2.58. The minimum Gasteiger partial charge on any atom is -0.410 e. The van der Waals surface area contributed by atoms with E-state index in [1.165, 1.54) is 29.2 Å². The van der Waals surface area contributed by atoms with Crippen LogP contribution in [0.4, 0.5) is 10.5 Å². The Morgan fingerprint density at radius 3 is 2.24 bits per heavy atom. The highest BCUT2D eigenvalue weighted by atomic mass is 32.2. The molecular weight excluding hydrogens is 769 g/mol. The number of nitrogens with zero attached hydrogens (tertiary/aromatic N) is 3. The summed E-state index contributed by atoms with van der Waals surface area (Å²) in [5, 5.41) is 20.5. The van der Waals surface area contributed by atoms with Gasteiger partial charge in [0.05, 0.1) is 16.7 Å². The number of ether oxygens (including phenoxy) is 1. The standard InChI is InChI=1S/C41H42N6O10S/c48-37-35-22-28(57-44-36-32-13-8-6-11-30(32)31-12-7-9-14-33(31)36)24-46(35)38(49)34(42-40(51)56-27-18-16-26(17-19-27)47(52)53)15-5-3-1-2-4-10-25-23-41(25,43-37)39(50)45-58(54,55)29-20-21-29/h4,6-14,16-19,25,28-29,34-35H,1-3,5,15,20-24H2,(H,42,51)(H,43,48)(H,45,50)/b10-4-/t25-,28-,34+,35+,41-/m1/s1. The van der Waals surface area contributed by atoms with Crippen molar-refractivity contribution in [3.8, 4) is 16.9 Å². The van der Waals surface area contributed by atoms with Crippen LogP contribution in [0, 0.1) is 16.0 Å². The van der Waals surface area contributed by atoms with Crippen LogP contribution < -0.4 is 20.1 Å². The molecule has 2 heterocycles. The van der Waals surface area contributed by atoms with E-state index < -0.39 is 73.7 Å². The zero-order chi connectivity index (χ0) is 40.6. The number of nitro groups is 1. The second kappa shape index (κ2) is 15.7. The Labute approximate surface area is 334 Å². The molecule has 0 bridgehead atoms. The number of non-ortho nitro benzene ring substituents is 1. The van der Waals surface area contributed by atoms with Gasteiger partial charge in [-0.05, 0) is 61.8 Å². The molecular formula is C41H42N6O10S. The second-order valence-corrected chi connectivity index (χ2v) is 17.3. The molecule has 2 saturated carbocycles. The lowest BCUT2D eigenvalue weighted by atomic mass is 10.0. The Hall–Kier alpha value is -6.10. The summed E-state index contributed by atoms with van der Waals surface area (Å²) in [6, 6.07) is 18.1.